The summed E-state index contributed by atoms with van der Waals surface area (Å²) < 4.78 is 0. The van der Waals surface area contributed by atoms with Gasteiger partial charge in [0, 0.05) is 18.5 Å². The summed E-state index contributed by atoms with van der Waals surface area (Å²) in [6.45, 7) is 6.89. The fourth-order valence-electron chi connectivity index (χ4n) is 2.10. The average molecular weight is 270 g/mol. The molecule has 1 heterocycles. The molecule has 2 rings (SSSR count). The van der Waals surface area contributed by atoms with Crippen LogP contribution in [-0.4, -0.2) is 9.97 Å². The Morgan fingerprint density at radius 1 is 1.20 bits per heavy atom. The maximum atomic E-state index is 5.95. The normalized spacial score (nSPS) is 10.6. The minimum Gasteiger partial charge on any atom is -0.383 e. The van der Waals surface area contributed by atoms with E-state index in [0.717, 1.165) is 36.6 Å². The summed E-state index contributed by atoms with van der Waals surface area (Å²) in [6.07, 6.45) is 1.86. The van der Waals surface area contributed by atoms with Crippen LogP contribution in [0.2, 0.25) is 0 Å². The van der Waals surface area contributed by atoms with Crippen molar-refractivity contribution in [3.63, 3.8) is 0 Å². The molecule has 0 aliphatic heterocycles. The van der Waals surface area contributed by atoms with E-state index in [0.29, 0.717) is 5.82 Å². The van der Waals surface area contributed by atoms with Crippen molar-refractivity contribution in [1.82, 2.24) is 9.97 Å². The van der Waals surface area contributed by atoms with Gasteiger partial charge < -0.3 is 11.1 Å². The molecule has 0 spiro atoms. The van der Waals surface area contributed by atoms with Crippen molar-refractivity contribution in [2.45, 2.75) is 40.2 Å². The summed E-state index contributed by atoms with van der Waals surface area (Å²) >= 11 is 0. The minimum absolute atomic E-state index is 0.565. The van der Waals surface area contributed by atoms with Crippen LogP contribution in [-0.2, 0) is 13.0 Å². The van der Waals surface area contributed by atoms with E-state index in [4.69, 9.17) is 5.73 Å². The molecule has 0 atom stereocenters. The van der Waals surface area contributed by atoms with Gasteiger partial charge in [0.15, 0.2) is 0 Å². The highest BCUT2D eigenvalue weighted by Gasteiger charge is 2.08. The zero-order valence-electron chi connectivity index (χ0n) is 12.4. The lowest BCUT2D eigenvalue weighted by molar-refractivity contribution is 0.833. The van der Waals surface area contributed by atoms with Crippen LogP contribution in [0.1, 0.15) is 35.9 Å². The molecule has 0 radical (unpaired) electrons. The number of hydrogen-bond donors (Lipinski definition) is 2. The van der Waals surface area contributed by atoms with Crippen LogP contribution in [0.5, 0.6) is 0 Å². The molecule has 0 aliphatic carbocycles. The lowest BCUT2D eigenvalue weighted by atomic mass is 10.1. The lowest BCUT2D eigenvalue weighted by Crippen LogP contribution is -2.09. The van der Waals surface area contributed by atoms with E-state index in [2.05, 4.69) is 53.4 Å². The molecular weight excluding hydrogens is 248 g/mol. The molecule has 0 amide bonds. The Morgan fingerprint density at radius 3 is 2.70 bits per heavy atom. The number of aryl methyl sites for hydroxylation is 2. The Morgan fingerprint density at radius 2 is 2.00 bits per heavy atom. The van der Waals surface area contributed by atoms with Crippen molar-refractivity contribution >= 4 is 11.6 Å². The van der Waals surface area contributed by atoms with Crippen molar-refractivity contribution in [2.24, 2.45) is 0 Å². The molecule has 106 valence electrons. The summed E-state index contributed by atoms with van der Waals surface area (Å²) in [5.41, 5.74) is 9.36. The van der Waals surface area contributed by atoms with Gasteiger partial charge in [0.2, 0.25) is 0 Å². The van der Waals surface area contributed by atoms with Crippen molar-refractivity contribution in [1.29, 1.82) is 0 Å². The molecule has 0 saturated heterocycles. The van der Waals surface area contributed by atoms with E-state index in [9.17, 15) is 0 Å². The van der Waals surface area contributed by atoms with E-state index in [1.165, 1.54) is 11.1 Å². The van der Waals surface area contributed by atoms with Crippen LogP contribution in [0, 0.1) is 13.8 Å². The predicted octanol–water partition coefficient (Wildman–Crippen LogP) is 3.24. The molecule has 1 aromatic carbocycles. The predicted molar refractivity (Wildman–Crippen MR) is 83.7 cm³/mol. The number of nitrogen functional groups attached to an aromatic ring is 1. The zero-order chi connectivity index (χ0) is 14.5. The third-order valence-corrected chi connectivity index (χ3v) is 3.25. The molecule has 0 aliphatic rings. The number of nitrogens with one attached hydrogen (secondary N) is 1. The molecule has 4 nitrogen and oxygen atoms in total. The van der Waals surface area contributed by atoms with Gasteiger partial charge in [-0.25, -0.2) is 9.97 Å². The molecule has 1 aromatic heterocycles. The van der Waals surface area contributed by atoms with E-state index in [1.54, 1.807) is 0 Å². The first-order valence-electron chi connectivity index (χ1n) is 7.02. The first kappa shape index (κ1) is 14.3. The van der Waals surface area contributed by atoms with Crippen molar-refractivity contribution in [2.75, 3.05) is 11.1 Å². The summed E-state index contributed by atoms with van der Waals surface area (Å²) in [5, 5.41) is 3.36. The fourth-order valence-corrected chi connectivity index (χ4v) is 2.10. The summed E-state index contributed by atoms with van der Waals surface area (Å²) in [5.74, 6) is 2.21. The quantitative estimate of drug-likeness (QED) is 0.875. The number of nitrogens with two attached hydrogens (primary N) is 1. The maximum Gasteiger partial charge on any atom is 0.135 e. The Balaban J connectivity index is 2.16. The van der Waals surface area contributed by atoms with Gasteiger partial charge in [-0.2, -0.15) is 0 Å². The van der Waals surface area contributed by atoms with Gasteiger partial charge in [-0.3, -0.25) is 0 Å². The number of rotatable bonds is 5. The van der Waals surface area contributed by atoms with E-state index >= 15 is 0 Å². The van der Waals surface area contributed by atoms with Gasteiger partial charge in [-0.05, 0) is 25.8 Å². The third kappa shape index (κ3) is 3.47. The maximum absolute atomic E-state index is 5.95. The van der Waals surface area contributed by atoms with Crippen LogP contribution in [0.25, 0.3) is 0 Å². The number of nitrogens with zero attached hydrogens (tertiary/aromatic N) is 2. The lowest BCUT2D eigenvalue weighted by Gasteiger charge is -2.12. The second-order valence-electron chi connectivity index (χ2n) is 5.09. The second kappa shape index (κ2) is 6.37. The van der Waals surface area contributed by atoms with E-state index in [-0.39, 0.29) is 0 Å². The van der Waals surface area contributed by atoms with Crippen LogP contribution < -0.4 is 11.1 Å². The molecule has 0 fully saturated rings. The Hall–Kier alpha value is -2.10. The molecule has 0 saturated carbocycles. The van der Waals surface area contributed by atoms with Crippen molar-refractivity contribution in [3.8, 4) is 0 Å². The molecule has 20 heavy (non-hydrogen) atoms. The highest BCUT2D eigenvalue weighted by Crippen LogP contribution is 2.18. The van der Waals surface area contributed by atoms with Crippen molar-refractivity contribution < 1.29 is 0 Å². The molecule has 4 heteroatoms. The molecular formula is C16H22N4. The summed E-state index contributed by atoms with van der Waals surface area (Å²) in [6, 6.07) is 8.43. The number of benzene rings is 1. The highest BCUT2D eigenvalue weighted by molar-refractivity contribution is 5.55. The van der Waals surface area contributed by atoms with Gasteiger partial charge in [-0.1, -0.05) is 36.8 Å². The molecule has 3 N–H and O–H groups in total. The fraction of sp³-hybridized carbons (Fsp3) is 0.375. The molecule has 0 bridgehead atoms. The monoisotopic (exact) mass is 270 g/mol. The second-order valence-corrected chi connectivity index (χ2v) is 5.09. The largest absolute Gasteiger partial charge is 0.383 e. The number of hydrogen-bond acceptors (Lipinski definition) is 4. The van der Waals surface area contributed by atoms with Gasteiger partial charge in [0.1, 0.15) is 17.5 Å². The number of anilines is 2. The van der Waals surface area contributed by atoms with Gasteiger partial charge >= 0.3 is 0 Å². The third-order valence-electron chi connectivity index (χ3n) is 3.25. The first-order valence-corrected chi connectivity index (χ1v) is 7.02. The Bertz CT molecular complexity index is 593. The van der Waals surface area contributed by atoms with Gasteiger partial charge in [0.05, 0.1) is 0 Å². The SMILES string of the molecule is CCCc1nc(N)c(C)c(NCc2cccc(C)c2)n1. The molecule has 0 unspecified atom stereocenters. The smallest absolute Gasteiger partial charge is 0.135 e. The van der Waals surface area contributed by atoms with Crippen LogP contribution in [0.3, 0.4) is 0 Å². The Labute approximate surface area is 120 Å². The molecule has 2 aromatic rings. The number of aromatic nitrogens is 2. The summed E-state index contributed by atoms with van der Waals surface area (Å²) in [7, 11) is 0. The van der Waals surface area contributed by atoms with Crippen LogP contribution >= 0.6 is 0 Å². The first-order chi connectivity index (χ1) is 9.60. The van der Waals surface area contributed by atoms with Crippen molar-refractivity contribution in [3.05, 3.63) is 46.8 Å². The van der Waals surface area contributed by atoms with E-state index < -0.39 is 0 Å². The van der Waals surface area contributed by atoms with Gasteiger partial charge in [-0.15, -0.1) is 0 Å². The zero-order valence-corrected chi connectivity index (χ0v) is 12.4. The topological polar surface area (TPSA) is 63.8 Å². The van der Waals surface area contributed by atoms with Gasteiger partial charge in [0.25, 0.3) is 0 Å². The Kier molecular flexibility index (Phi) is 4.56. The van der Waals surface area contributed by atoms with E-state index in [1.807, 2.05) is 6.92 Å². The average Bonchev–Trinajstić information content (AvgIpc) is 2.41. The highest BCUT2D eigenvalue weighted by atomic mass is 15.1. The summed E-state index contributed by atoms with van der Waals surface area (Å²) in [4.78, 5) is 8.88. The minimum atomic E-state index is 0.565. The van der Waals surface area contributed by atoms with Crippen LogP contribution in [0.4, 0.5) is 11.6 Å². The van der Waals surface area contributed by atoms with Crippen LogP contribution in [0.15, 0.2) is 24.3 Å². The standard InChI is InChI=1S/C16H22N4/c1-4-6-14-19-15(17)12(3)16(20-14)18-10-13-8-5-7-11(2)9-13/h5,7-9H,4,6,10H2,1-3H3,(H3,17,18,19,20).